The van der Waals surface area contributed by atoms with Crippen LogP contribution in [-0.4, -0.2) is 34.5 Å². The van der Waals surface area contributed by atoms with Crippen LogP contribution in [0.15, 0.2) is 77.7 Å². The molecule has 1 aliphatic rings. The first kappa shape index (κ1) is 19.9. The number of piperidine rings is 1. The molecule has 4 rings (SSSR count). The van der Waals surface area contributed by atoms with Crippen molar-refractivity contribution in [3.05, 3.63) is 100 Å². The fraction of sp³-hybridized carbons (Fsp3) is 0.250. The first-order valence-corrected chi connectivity index (χ1v) is 10.1. The van der Waals surface area contributed by atoms with Gasteiger partial charge in [0.1, 0.15) is 11.4 Å². The molecule has 1 aliphatic heterocycles. The number of amides is 1. The number of likely N-dealkylation sites (tertiary alicyclic amines) is 1. The van der Waals surface area contributed by atoms with Crippen LogP contribution in [0.25, 0.3) is 0 Å². The van der Waals surface area contributed by atoms with Crippen LogP contribution in [0, 0.1) is 5.82 Å². The van der Waals surface area contributed by atoms with Crippen LogP contribution >= 0.6 is 0 Å². The molecule has 2 aromatic carbocycles. The van der Waals surface area contributed by atoms with Crippen LogP contribution in [0.2, 0.25) is 0 Å². The Morgan fingerprint density at radius 2 is 1.67 bits per heavy atom. The molecule has 0 bridgehead atoms. The number of pyridine rings is 1. The summed E-state index contributed by atoms with van der Waals surface area (Å²) in [5.41, 5.74) is 1.82. The lowest BCUT2D eigenvalue weighted by Crippen LogP contribution is -2.44. The summed E-state index contributed by atoms with van der Waals surface area (Å²) in [6, 6.07) is 19.6. The van der Waals surface area contributed by atoms with E-state index in [9.17, 15) is 14.0 Å². The summed E-state index contributed by atoms with van der Waals surface area (Å²) in [7, 11) is 0. The van der Waals surface area contributed by atoms with Gasteiger partial charge in [0.2, 0.25) is 0 Å². The van der Waals surface area contributed by atoms with Crippen LogP contribution < -0.4 is 10.9 Å². The molecule has 1 aromatic heterocycles. The van der Waals surface area contributed by atoms with E-state index in [1.165, 1.54) is 12.1 Å². The topological polar surface area (TPSA) is 54.3 Å². The van der Waals surface area contributed by atoms with E-state index in [0.29, 0.717) is 19.6 Å². The van der Waals surface area contributed by atoms with Crippen molar-refractivity contribution >= 4 is 11.6 Å². The Bertz CT molecular complexity index is 1060. The fourth-order valence-corrected chi connectivity index (χ4v) is 3.78. The van der Waals surface area contributed by atoms with Gasteiger partial charge in [-0.25, -0.2) is 4.39 Å². The van der Waals surface area contributed by atoms with Gasteiger partial charge in [0, 0.05) is 31.0 Å². The van der Waals surface area contributed by atoms with Crippen LogP contribution in [0.5, 0.6) is 0 Å². The van der Waals surface area contributed by atoms with Gasteiger partial charge in [0.25, 0.3) is 11.5 Å². The quantitative estimate of drug-likeness (QED) is 0.703. The number of carbonyl (C=O) groups excluding carboxylic acids is 1. The normalized spacial score (nSPS) is 14.5. The Morgan fingerprint density at radius 1 is 0.967 bits per heavy atom. The zero-order valence-corrected chi connectivity index (χ0v) is 16.6. The fourth-order valence-electron chi connectivity index (χ4n) is 3.78. The maximum Gasteiger partial charge on any atom is 0.263 e. The molecule has 5 nitrogen and oxygen atoms in total. The van der Waals surface area contributed by atoms with E-state index in [0.717, 1.165) is 24.1 Å². The SMILES string of the molecule is O=C(c1cccn(Cc2ccccc2)c1=O)N1CCC(Nc2ccc(F)cc2)CC1. The largest absolute Gasteiger partial charge is 0.382 e. The Hall–Kier alpha value is -3.41. The van der Waals surface area contributed by atoms with Crippen molar-refractivity contribution in [2.45, 2.75) is 25.4 Å². The lowest BCUT2D eigenvalue weighted by atomic mass is 10.0. The number of hydrogen-bond donors (Lipinski definition) is 1. The van der Waals surface area contributed by atoms with Crippen molar-refractivity contribution in [1.82, 2.24) is 9.47 Å². The zero-order chi connectivity index (χ0) is 20.9. The van der Waals surface area contributed by atoms with Crippen molar-refractivity contribution in [1.29, 1.82) is 0 Å². The summed E-state index contributed by atoms with van der Waals surface area (Å²) in [4.78, 5) is 27.6. The van der Waals surface area contributed by atoms with E-state index in [1.54, 1.807) is 39.9 Å². The monoisotopic (exact) mass is 405 g/mol. The summed E-state index contributed by atoms with van der Waals surface area (Å²) in [6.45, 7) is 1.58. The van der Waals surface area contributed by atoms with Crippen molar-refractivity contribution in [2.75, 3.05) is 18.4 Å². The third-order valence-electron chi connectivity index (χ3n) is 5.44. The minimum absolute atomic E-state index is 0.207. The molecule has 30 heavy (non-hydrogen) atoms. The Kier molecular flexibility index (Phi) is 5.93. The molecule has 1 amide bonds. The summed E-state index contributed by atoms with van der Waals surface area (Å²) in [5.74, 6) is -0.482. The zero-order valence-electron chi connectivity index (χ0n) is 16.6. The smallest absolute Gasteiger partial charge is 0.263 e. The number of rotatable bonds is 5. The first-order chi connectivity index (χ1) is 14.6. The summed E-state index contributed by atoms with van der Waals surface area (Å²) < 4.78 is 14.6. The van der Waals surface area contributed by atoms with Gasteiger partial charge in [0.05, 0.1) is 6.54 Å². The first-order valence-electron chi connectivity index (χ1n) is 10.1. The van der Waals surface area contributed by atoms with Crippen molar-refractivity contribution in [2.24, 2.45) is 0 Å². The minimum Gasteiger partial charge on any atom is -0.382 e. The molecule has 154 valence electrons. The van der Waals surface area contributed by atoms with Crippen LogP contribution in [-0.2, 0) is 6.54 Å². The van der Waals surface area contributed by atoms with Crippen LogP contribution in [0.3, 0.4) is 0 Å². The van der Waals surface area contributed by atoms with Gasteiger partial charge in [0.15, 0.2) is 0 Å². The Balaban J connectivity index is 1.40. The number of hydrogen-bond acceptors (Lipinski definition) is 3. The molecule has 2 heterocycles. The number of aromatic nitrogens is 1. The third-order valence-corrected chi connectivity index (χ3v) is 5.44. The second-order valence-electron chi connectivity index (χ2n) is 7.56. The van der Waals surface area contributed by atoms with Gasteiger partial charge < -0.3 is 14.8 Å². The van der Waals surface area contributed by atoms with E-state index in [4.69, 9.17) is 0 Å². The van der Waals surface area contributed by atoms with Crippen LogP contribution in [0.4, 0.5) is 10.1 Å². The number of benzene rings is 2. The molecular formula is C24H24FN3O2. The molecule has 0 unspecified atom stereocenters. The van der Waals surface area contributed by atoms with E-state index >= 15 is 0 Å². The highest BCUT2D eigenvalue weighted by molar-refractivity contribution is 5.93. The summed E-state index contributed by atoms with van der Waals surface area (Å²) in [5, 5.41) is 3.38. The average molecular weight is 405 g/mol. The lowest BCUT2D eigenvalue weighted by Gasteiger charge is -2.33. The molecule has 0 atom stereocenters. The lowest BCUT2D eigenvalue weighted by molar-refractivity contribution is 0.0716. The molecule has 1 N–H and O–H groups in total. The second kappa shape index (κ2) is 8.95. The maximum absolute atomic E-state index is 13.1. The van der Waals surface area contributed by atoms with Gasteiger partial charge in [-0.15, -0.1) is 0 Å². The Labute approximate surface area is 174 Å². The predicted octanol–water partition coefficient (Wildman–Crippen LogP) is 3.75. The molecule has 6 heteroatoms. The van der Waals surface area contributed by atoms with Crippen molar-refractivity contribution < 1.29 is 9.18 Å². The average Bonchev–Trinajstić information content (AvgIpc) is 2.78. The molecule has 0 saturated carbocycles. The highest BCUT2D eigenvalue weighted by Crippen LogP contribution is 2.18. The third kappa shape index (κ3) is 4.59. The van der Waals surface area contributed by atoms with E-state index in [2.05, 4.69) is 5.32 Å². The molecule has 0 aliphatic carbocycles. The summed E-state index contributed by atoms with van der Waals surface area (Å²) >= 11 is 0. The number of nitrogens with one attached hydrogen (secondary N) is 1. The molecule has 0 radical (unpaired) electrons. The van der Waals surface area contributed by atoms with Gasteiger partial charge in [-0.05, 0) is 54.8 Å². The number of anilines is 1. The van der Waals surface area contributed by atoms with Gasteiger partial charge in [-0.1, -0.05) is 30.3 Å². The molecular weight excluding hydrogens is 381 g/mol. The van der Waals surface area contributed by atoms with E-state index in [-0.39, 0.29) is 28.9 Å². The highest BCUT2D eigenvalue weighted by atomic mass is 19.1. The van der Waals surface area contributed by atoms with Crippen molar-refractivity contribution in [3.63, 3.8) is 0 Å². The van der Waals surface area contributed by atoms with Gasteiger partial charge in [-0.2, -0.15) is 0 Å². The molecule has 3 aromatic rings. The second-order valence-corrected chi connectivity index (χ2v) is 7.56. The minimum atomic E-state index is -0.266. The van der Waals surface area contributed by atoms with E-state index in [1.807, 2.05) is 30.3 Å². The number of carbonyl (C=O) groups is 1. The van der Waals surface area contributed by atoms with Gasteiger partial charge >= 0.3 is 0 Å². The highest BCUT2D eigenvalue weighted by Gasteiger charge is 2.25. The molecule has 0 spiro atoms. The van der Waals surface area contributed by atoms with Crippen LogP contribution in [0.1, 0.15) is 28.8 Å². The summed E-state index contributed by atoms with van der Waals surface area (Å²) in [6.07, 6.45) is 3.26. The standard InChI is InChI=1S/C24H24FN3O2/c25-19-8-10-20(11-9-19)26-21-12-15-27(16-13-21)23(29)22-7-4-14-28(24(22)30)17-18-5-2-1-3-6-18/h1-11,14,21,26H,12-13,15-17H2. The number of halogens is 1. The van der Waals surface area contributed by atoms with Gasteiger partial charge in [-0.3, -0.25) is 9.59 Å². The Morgan fingerprint density at radius 3 is 2.37 bits per heavy atom. The molecule has 1 fully saturated rings. The predicted molar refractivity (Wildman–Crippen MR) is 115 cm³/mol. The van der Waals surface area contributed by atoms with E-state index < -0.39 is 0 Å². The van der Waals surface area contributed by atoms with Crippen molar-refractivity contribution in [3.8, 4) is 0 Å². The molecule has 1 saturated heterocycles. The number of nitrogens with zero attached hydrogens (tertiary/aromatic N) is 2. The maximum atomic E-state index is 13.1.